The molecule has 0 saturated carbocycles. The zero-order chi connectivity index (χ0) is 25.2. The standard InChI is InChI=1S/C27H19BrClN3O3S/c28-21-11-10-19(13-22(21)29)30-25(33)16-32-26(34)24(36-27(32)35)12-18-15-31(14-17-6-2-1-3-7-17)23-9-5-4-8-20(18)23/h1-13,15H,14,16H2,(H,30,33)/b24-12-. The van der Waals surface area contributed by atoms with Crippen LogP contribution in [0.1, 0.15) is 11.1 Å². The predicted octanol–water partition coefficient (Wildman–Crippen LogP) is 6.78. The Hall–Kier alpha value is -3.33. The van der Waals surface area contributed by atoms with Gasteiger partial charge in [0, 0.05) is 39.4 Å². The summed E-state index contributed by atoms with van der Waals surface area (Å²) in [7, 11) is 0. The number of nitrogens with zero attached hydrogens (tertiary/aromatic N) is 2. The maximum atomic E-state index is 13.0. The molecule has 3 amide bonds. The molecule has 1 fully saturated rings. The number of hydrogen-bond acceptors (Lipinski definition) is 4. The molecule has 0 spiro atoms. The molecule has 2 heterocycles. The van der Waals surface area contributed by atoms with Gasteiger partial charge >= 0.3 is 0 Å². The Morgan fingerprint density at radius 1 is 1.03 bits per heavy atom. The van der Waals surface area contributed by atoms with Gasteiger partial charge in [0.25, 0.3) is 11.1 Å². The summed E-state index contributed by atoms with van der Waals surface area (Å²) in [4.78, 5) is 39.4. The van der Waals surface area contributed by atoms with Crippen LogP contribution in [0.5, 0.6) is 0 Å². The number of anilines is 1. The first-order valence-electron chi connectivity index (χ1n) is 11.0. The molecule has 0 aliphatic carbocycles. The van der Waals surface area contributed by atoms with Gasteiger partial charge < -0.3 is 9.88 Å². The molecular formula is C27H19BrClN3O3S. The van der Waals surface area contributed by atoms with Crippen LogP contribution < -0.4 is 5.32 Å². The number of rotatable bonds is 6. The van der Waals surface area contributed by atoms with Crippen LogP contribution in [0.3, 0.4) is 0 Å². The molecular weight excluding hydrogens is 562 g/mol. The van der Waals surface area contributed by atoms with Gasteiger partial charge in [-0.05, 0) is 63.6 Å². The fraction of sp³-hybridized carbons (Fsp3) is 0.0741. The number of nitrogens with one attached hydrogen (secondary N) is 1. The molecule has 0 unspecified atom stereocenters. The number of imide groups is 1. The highest BCUT2D eigenvalue weighted by Crippen LogP contribution is 2.34. The van der Waals surface area contributed by atoms with E-state index in [1.165, 1.54) is 0 Å². The van der Waals surface area contributed by atoms with Crippen LogP contribution in [0.25, 0.3) is 17.0 Å². The lowest BCUT2D eigenvalue weighted by Crippen LogP contribution is -2.36. The number of carbonyl (C=O) groups is 3. The van der Waals surface area contributed by atoms with Crippen LogP contribution in [0.2, 0.25) is 5.02 Å². The van der Waals surface area contributed by atoms with Crippen molar-refractivity contribution in [1.29, 1.82) is 0 Å². The molecule has 0 bridgehead atoms. The highest BCUT2D eigenvalue weighted by Gasteiger charge is 2.36. The van der Waals surface area contributed by atoms with Crippen LogP contribution in [-0.4, -0.2) is 33.1 Å². The maximum Gasteiger partial charge on any atom is 0.294 e. The quantitative estimate of drug-likeness (QED) is 0.255. The zero-order valence-corrected chi connectivity index (χ0v) is 21.9. The summed E-state index contributed by atoms with van der Waals surface area (Å²) in [6.45, 7) is 0.294. The smallest absolute Gasteiger partial charge is 0.294 e. The van der Waals surface area contributed by atoms with Gasteiger partial charge in [0.1, 0.15) is 6.54 Å². The van der Waals surface area contributed by atoms with Crippen LogP contribution in [-0.2, 0) is 16.1 Å². The van der Waals surface area contributed by atoms with E-state index in [0.29, 0.717) is 21.7 Å². The molecule has 6 nitrogen and oxygen atoms in total. The van der Waals surface area contributed by atoms with Crippen LogP contribution >= 0.6 is 39.3 Å². The molecule has 1 N–H and O–H groups in total. The highest BCUT2D eigenvalue weighted by molar-refractivity contribution is 9.10. The average Bonchev–Trinajstić information content (AvgIpc) is 3.34. The van der Waals surface area contributed by atoms with Crippen molar-refractivity contribution in [3.8, 4) is 0 Å². The Morgan fingerprint density at radius 3 is 2.56 bits per heavy atom. The predicted molar refractivity (Wildman–Crippen MR) is 148 cm³/mol. The summed E-state index contributed by atoms with van der Waals surface area (Å²) >= 11 is 10.2. The second kappa shape index (κ2) is 10.3. The fourth-order valence-electron chi connectivity index (χ4n) is 4.00. The Morgan fingerprint density at radius 2 is 1.78 bits per heavy atom. The SMILES string of the molecule is O=C(CN1C(=O)S/C(=C\c2cn(Cc3ccccc3)c3ccccc23)C1=O)Nc1ccc(Br)c(Cl)c1. The number of para-hydroxylation sites is 1. The minimum Gasteiger partial charge on any atom is -0.342 e. The minimum absolute atomic E-state index is 0.280. The molecule has 4 aromatic rings. The largest absolute Gasteiger partial charge is 0.342 e. The van der Waals surface area contributed by atoms with Crippen molar-refractivity contribution < 1.29 is 14.4 Å². The Kier molecular flexibility index (Phi) is 7.00. The van der Waals surface area contributed by atoms with Gasteiger partial charge in [-0.2, -0.15) is 0 Å². The Labute approximate surface area is 225 Å². The molecule has 1 saturated heterocycles. The van der Waals surface area contributed by atoms with Crippen LogP contribution in [0.15, 0.2) is 88.4 Å². The normalized spacial score (nSPS) is 14.7. The third-order valence-electron chi connectivity index (χ3n) is 5.68. The van der Waals surface area contributed by atoms with Gasteiger partial charge in [0.05, 0.1) is 9.93 Å². The number of carbonyl (C=O) groups excluding carboxylic acids is 3. The third kappa shape index (κ3) is 5.11. The second-order valence-electron chi connectivity index (χ2n) is 8.16. The first-order chi connectivity index (χ1) is 17.4. The molecule has 3 aromatic carbocycles. The number of fused-ring (bicyclic) bond motifs is 1. The van der Waals surface area contributed by atoms with E-state index in [2.05, 4.69) is 37.9 Å². The van der Waals surface area contributed by atoms with E-state index < -0.39 is 17.1 Å². The minimum atomic E-state index is -0.492. The van der Waals surface area contributed by atoms with Crippen molar-refractivity contribution in [2.24, 2.45) is 0 Å². The highest BCUT2D eigenvalue weighted by atomic mass is 79.9. The van der Waals surface area contributed by atoms with E-state index in [0.717, 1.165) is 38.7 Å². The Bertz CT molecular complexity index is 1530. The summed E-state index contributed by atoms with van der Waals surface area (Å²) in [5.74, 6) is -0.981. The molecule has 1 aromatic heterocycles. The molecule has 9 heteroatoms. The average molecular weight is 581 g/mol. The third-order valence-corrected chi connectivity index (χ3v) is 7.82. The van der Waals surface area contributed by atoms with E-state index in [-0.39, 0.29) is 11.4 Å². The molecule has 0 atom stereocenters. The summed E-state index contributed by atoms with van der Waals surface area (Å²) in [5.41, 5.74) is 3.49. The Balaban J connectivity index is 1.36. The van der Waals surface area contributed by atoms with Gasteiger partial charge in [-0.3, -0.25) is 19.3 Å². The summed E-state index contributed by atoms with van der Waals surface area (Å²) in [6.07, 6.45) is 3.71. The van der Waals surface area contributed by atoms with Crippen molar-refractivity contribution in [1.82, 2.24) is 9.47 Å². The van der Waals surface area contributed by atoms with Crippen molar-refractivity contribution in [2.75, 3.05) is 11.9 Å². The van der Waals surface area contributed by atoms with E-state index in [9.17, 15) is 14.4 Å². The number of hydrogen-bond donors (Lipinski definition) is 1. The zero-order valence-electron chi connectivity index (χ0n) is 18.8. The molecule has 36 heavy (non-hydrogen) atoms. The van der Waals surface area contributed by atoms with Gasteiger partial charge in [-0.15, -0.1) is 0 Å². The van der Waals surface area contributed by atoms with E-state index in [1.807, 2.05) is 48.7 Å². The van der Waals surface area contributed by atoms with Crippen LogP contribution in [0.4, 0.5) is 10.5 Å². The summed E-state index contributed by atoms with van der Waals surface area (Å²) < 4.78 is 2.82. The first-order valence-corrected chi connectivity index (χ1v) is 13.0. The fourth-order valence-corrected chi connectivity index (χ4v) is 5.25. The summed E-state index contributed by atoms with van der Waals surface area (Å²) in [6, 6.07) is 23.0. The van der Waals surface area contributed by atoms with Crippen molar-refractivity contribution in [3.05, 3.63) is 105 Å². The molecule has 5 rings (SSSR count). The number of benzene rings is 3. The van der Waals surface area contributed by atoms with Gasteiger partial charge in [-0.1, -0.05) is 60.1 Å². The molecule has 180 valence electrons. The lowest BCUT2D eigenvalue weighted by molar-refractivity contribution is -0.127. The maximum absolute atomic E-state index is 13.0. The number of amides is 3. The van der Waals surface area contributed by atoms with Gasteiger partial charge in [0.2, 0.25) is 5.91 Å². The van der Waals surface area contributed by atoms with E-state index in [1.54, 1.807) is 24.3 Å². The molecule has 1 aliphatic rings. The topological polar surface area (TPSA) is 71.4 Å². The lowest BCUT2D eigenvalue weighted by atomic mass is 10.1. The van der Waals surface area contributed by atoms with Gasteiger partial charge in [-0.25, -0.2) is 0 Å². The number of thioether (sulfide) groups is 1. The molecule has 1 aliphatic heterocycles. The van der Waals surface area contributed by atoms with Gasteiger partial charge in [0.15, 0.2) is 0 Å². The van der Waals surface area contributed by atoms with E-state index in [4.69, 9.17) is 11.6 Å². The molecule has 0 radical (unpaired) electrons. The van der Waals surface area contributed by atoms with E-state index >= 15 is 0 Å². The number of aromatic nitrogens is 1. The second-order valence-corrected chi connectivity index (χ2v) is 10.4. The summed E-state index contributed by atoms with van der Waals surface area (Å²) in [5, 5.41) is 3.60. The van der Waals surface area contributed by atoms with Crippen molar-refractivity contribution >= 4 is 79.0 Å². The van der Waals surface area contributed by atoms with Crippen molar-refractivity contribution in [3.63, 3.8) is 0 Å². The van der Waals surface area contributed by atoms with Crippen LogP contribution in [0, 0.1) is 0 Å². The number of halogens is 2. The first kappa shape index (κ1) is 24.4. The van der Waals surface area contributed by atoms with Crippen molar-refractivity contribution in [2.45, 2.75) is 6.54 Å². The lowest BCUT2D eigenvalue weighted by Gasteiger charge is -2.12. The monoisotopic (exact) mass is 579 g/mol.